The lowest BCUT2D eigenvalue weighted by Gasteiger charge is -2.11. The Morgan fingerprint density at radius 3 is 2.46 bits per heavy atom. The number of hydrogen-bond acceptors (Lipinski definition) is 1. The average molecular weight is 177 g/mol. The number of nitrogens with one attached hydrogen (secondary N) is 1. The Morgan fingerprint density at radius 1 is 1.23 bits per heavy atom. The highest BCUT2D eigenvalue weighted by Crippen LogP contribution is 2.21. The predicted molar refractivity (Wildman–Crippen MR) is 53.5 cm³/mol. The molecule has 2 heteroatoms. The third-order valence-electron chi connectivity index (χ3n) is 2.70. The van der Waals surface area contributed by atoms with E-state index in [0.29, 0.717) is 6.04 Å². The summed E-state index contributed by atoms with van der Waals surface area (Å²) < 4.78 is 2.06. The van der Waals surface area contributed by atoms with Crippen LogP contribution < -0.4 is 9.88 Å². The van der Waals surface area contributed by atoms with E-state index < -0.39 is 0 Å². The van der Waals surface area contributed by atoms with E-state index >= 15 is 0 Å². The lowest BCUT2D eigenvalue weighted by Crippen LogP contribution is -2.26. The van der Waals surface area contributed by atoms with Crippen molar-refractivity contribution in [2.75, 3.05) is 5.32 Å². The van der Waals surface area contributed by atoms with E-state index in [9.17, 15) is 0 Å². The predicted octanol–water partition coefficient (Wildman–Crippen LogP) is 1.87. The van der Waals surface area contributed by atoms with Gasteiger partial charge in [0, 0.05) is 23.9 Å². The maximum atomic E-state index is 3.55. The minimum Gasteiger partial charge on any atom is -0.382 e. The fourth-order valence-electron chi connectivity index (χ4n) is 1.90. The normalized spacial score (nSPS) is 17.6. The summed E-state index contributed by atoms with van der Waals surface area (Å²) in [5.41, 5.74) is 1.25. The van der Waals surface area contributed by atoms with Gasteiger partial charge in [-0.15, -0.1) is 0 Å². The number of aryl methyl sites for hydroxylation is 1. The lowest BCUT2D eigenvalue weighted by atomic mass is 10.2. The van der Waals surface area contributed by atoms with Crippen LogP contribution in [0.5, 0.6) is 0 Å². The summed E-state index contributed by atoms with van der Waals surface area (Å²) in [6.07, 6.45) is 9.60. The second kappa shape index (κ2) is 3.77. The Labute approximate surface area is 79.6 Å². The molecule has 0 aliphatic heterocycles. The van der Waals surface area contributed by atoms with Gasteiger partial charge in [-0.3, -0.25) is 0 Å². The Balaban J connectivity index is 1.97. The van der Waals surface area contributed by atoms with Crippen LogP contribution in [0.15, 0.2) is 24.5 Å². The van der Waals surface area contributed by atoms with Crippen LogP contribution in [0.1, 0.15) is 25.7 Å². The zero-order valence-corrected chi connectivity index (χ0v) is 8.16. The largest absolute Gasteiger partial charge is 0.382 e. The summed E-state index contributed by atoms with van der Waals surface area (Å²) >= 11 is 0. The first-order chi connectivity index (χ1) is 6.34. The molecule has 1 saturated carbocycles. The van der Waals surface area contributed by atoms with Crippen LogP contribution in [-0.4, -0.2) is 6.04 Å². The van der Waals surface area contributed by atoms with Gasteiger partial charge in [0.2, 0.25) is 0 Å². The molecular formula is C11H17N2+. The average Bonchev–Trinajstić information content (AvgIpc) is 2.62. The zero-order chi connectivity index (χ0) is 9.10. The fourth-order valence-corrected chi connectivity index (χ4v) is 1.90. The van der Waals surface area contributed by atoms with Crippen LogP contribution in [0, 0.1) is 0 Å². The zero-order valence-electron chi connectivity index (χ0n) is 8.16. The molecule has 0 atom stereocenters. The minimum atomic E-state index is 0.715. The number of pyridine rings is 1. The molecule has 1 heterocycles. The fraction of sp³-hybridized carbons (Fsp3) is 0.545. The van der Waals surface area contributed by atoms with Crippen molar-refractivity contribution < 1.29 is 4.57 Å². The maximum absolute atomic E-state index is 3.55. The second-order valence-electron chi connectivity index (χ2n) is 3.88. The van der Waals surface area contributed by atoms with E-state index in [0.717, 1.165) is 0 Å². The van der Waals surface area contributed by atoms with Crippen molar-refractivity contribution in [1.29, 1.82) is 0 Å². The SMILES string of the molecule is C[n+]1ccc(NC2CCCC2)cc1. The Bertz CT molecular complexity index is 260. The van der Waals surface area contributed by atoms with Crippen LogP contribution in [0.2, 0.25) is 0 Å². The van der Waals surface area contributed by atoms with Gasteiger partial charge >= 0.3 is 0 Å². The van der Waals surface area contributed by atoms with Crippen molar-refractivity contribution in [3.05, 3.63) is 24.5 Å². The van der Waals surface area contributed by atoms with Gasteiger partial charge in [-0.1, -0.05) is 12.8 Å². The van der Waals surface area contributed by atoms with Gasteiger partial charge in [0.05, 0.1) is 0 Å². The summed E-state index contributed by atoms with van der Waals surface area (Å²) in [4.78, 5) is 0. The lowest BCUT2D eigenvalue weighted by molar-refractivity contribution is -0.671. The van der Waals surface area contributed by atoms with Crippen LogP contribution in [-0.2, 0) is 7.05 Å². The van der Waals surface area contributed by atoms with Crippen LogP contribution in [0.25, 0.3) is 0 Å². The number of anilines is 1. The molecule has 0 unspecified atom stereocenters. The van der Waals surface area contributed by atoms with Crippen LogP contribution in [0.4, 0.5) is 5.69 Å². The molecule has 0 radical (unpaired) electrons. The number of rotatable bonds is 2. The van der Waals surface area contributed by atoms with Crippen molar-refractivity contribution in [2.24, 2.45) is 7.05 Å². The summed E-state index contributed by atoms with van der Waals surface area (Å²) in [5, 5.41) is 3.55. The van der Waals surface area contributed by atoms with E-state index in [4.69, 9.17) is 0 Å². The van der Waals surface area contributed by atoms with Crippen LogP contribution >= 0.6 is 0 Å². The van der Waals surface area contributed by atoms with Gasteiger partial charge in [-0.05, 0) is 12.8 Å². The van der Waals surface area contributed by atoms with E-state index in [1.165, 1.54) is 31.4 Å². The Kier molecular flexibility index (Phi) is 2.48. The molecule has 13 heavy (non-hydrogen) atoms. The molecule has 0 bridgehead atoms. The first-order valence-electron chi connectivity index (χ1n) is 5.06. The van der Waals surface area contributed by atoms with Gasteiger partial charge in [-0.25, -0.2) is 4.57 Å². The third-order valence-corrected chi connectivity index (χ3v) is 2.70. The molecule has 1 aromatic heterocycles. The van der Waals surface area contributed by atoms with E-state index in [1.807, 2.05) is 7.05 Å². The molecule has 1 fully saturated rings. The molecule has 2 nitrogen and oxygen atoms in total. The van der Waals surface area contributed by atoms with Crippen molar-refractivity contribution >= 4 is 5.69 Å². The molecule has 1 aliphatic carbocycles. The number of hydrogen-bond donors (Lipinski definition) is 1. The highest BCUT2D eigenvalue weighted by molar-refractivity contribution is 5.41. The van der Waals surface area contributed by atoms with Gasteiger partial charge in [0.15, 0.2) is 12.4 Å². The second-order valence-corrected chi connectivity index (χ2v) is 3.88. The first kappa shape index (κ1) is 8.54. The highest BCUT2D eigenvalue weighted by Gasteiger charge is 2.14. The molecule has 0 saturated heterocycles. The van der Waals surface area contributed by atoms with E-state index in [1.54, 1.807) is 0 Å². The molecule has 1 aromatic rings. The quantitative estimate of drug-likeness (QED) is 0.682. The van der Waals surface area contributed by atoms with Gasteiger partial charge < -0.3 is 5.32 Å². The molecule has 70 valence electrons. The van der Waals surface area contributed by atoms with Gasteiger partial charge in [0.25, 0.3) is 0 Å². The Morgan fingerprint density at radius 2 is 1.85 bits per heavy atom. The molecular weight excluding hydrogens is 160 g/mol. The number of nitrogens with zero attached hydrogens (tertiary/aromatic N) is 1. The van der Waals surface area contributed by atoms with Gasteiger partial charge in [0.1, 0.15) is 7.05 Å². The summed E-state index contributed by atoms with van der Waals surface area (Å²) in [6, 6.07) is 4.99. The molecule has 0 spiro atoms. The van der Waals surface area contributed by atoms with E-state index in [2.05, 4.69) is 34.4 Å². The highest BCUT2D eigenvalue weighted by atomic mass is 14.9. The first-order valence-corrected chi connectivity index (χ1v) is 5.06. The monoisotopic (exact) mass is 177 g/mol. The smallest absolute Gasteiger partial charge is 0.170 e. The molecule has 1 aliphatic rings. The molecule has 2 rings (SSSR count). The van der Waals surface area contributed by atoms with Crippen LogP contribution in [0.3, 0.4) is 0 Å². The summed E-state index contributed by atoms with van der Waals surface area (Å²) in [7, 11) is 2.04. The molecule has 0 aromatic carbocycles. The maximum Gasteiger partial charge on any atom is 0.170 e. The Hall–Kier alpha value is -1.05. The van der Waals surface area contributed by atoms with Gasteiger partial charge in [-0.2, -0.15) is 0 Å². The van der Waals surface area contributed by atoms with Crippen molar-refractivity contribution in [2.45, 2.75) is 31.7 Å². The number of aromatic nitrogens is 1. The molecule has 0 amide bonds. The van der Waals surface area contributed by atoms with Crippen molar-refractivity contribution in [3.8, 4) is 0 Å². The molecule has 1 N–H and O–H groups in total. The van der Waals surface area contributed by atoms with Crippen molar-refractivity contribution in [3.63, 3.8) is 0 Å². The standard InChI is InChI=1S/C11H16N2/c1-13-8-6-11(7-9-13)12-10-4-2-3-5-10/h6-10H,2-5H2,1H3/p+1. The third kappa shape index (κ3) is 2.20. The summed E-state index contributed by atoms with van der Waals surface area (Å²) in [6.45, 7) is 0. The van der Waals surface area contributed by atoms with Crippen molar-refractivity contribution in [1.82, 2.24) is 0 Å². The summed E-state index contributed by atoms with van der Waals surface area (Å²) in [5.74, 6) is 0. The minimum absolute atomic E-state index is 0.715. The van der Waals surface area contributed by atoms with E-state index in [-0.39, 0.29) is 0 Å². The topological polar surface area (TPSA) is 15.9 Å².